The van der Waals surface area contributed by atoms with E-state index in [0.717, 1.165) is 189 Å². The normalized spacial score (nSPS) is 14.1. The second-order valence-electron chi connectivity index (χ2n) is 40.7. The van der Waals surface area contributed by atoms with E-state index in [0.29, 0.717) is 5.69 Å². The smallest absolute Gasteiger partial charge is 0.252 e. The van der Waals surface area contributed by atoms with Gasteiger partial charge in [-0.05, 0) is 249 Å². The lowest BCUT2D eigenvalue weighted by Gasteiger charge is -2.46. The highest BCUT2D eigenvalue weighted by molar-refractivity contribution is 7.00. The zero-order valence-electron chi connectivity index (χ0n) is 83.7. The molecule has 0 aliphatic carbocycles. The average Bonchev–Trinajstić information content (AvgIpc) is 1.52. The lowest BCUT2D eigenvalue weighted by atomic mass is 9.33. The van der Waals surface area contributed by atoms with Gasteiger partial charge >= 0.3 is 0 Å². The van der Waals surface area contributed by atoms with Crippen LogP contribution in [0.1, 0.15) is 143 Å². The van der Waals surface area contributed by atoms with Crippen molar-refractivity contribution in [1.82, 2.24) is 13.7 Å². The number of furan rings is 1. The van der Waals surface area contributed by atoms with Gasteiger partial charge in [0.05, 0.1) is 55.4 Å². The van der Waals surface area contributed by atoms with E-state index in [-0.39, 0.29) is 55.6 Å². The van der Waals surface area contributed by atoms with Crippen molar-refractivity contribution in [1.29, 1.82) is 0 Å². The van der Waals surface area contributed by atoms with E-state index in [9.17, 15) is 11.0 Å². The van der Waals surface area contributed by atoms with Crippen molar-refractivity contribution in [3.8, 4) is 72.7 Å². The first kappa shape index (κ1) is 70.7. The fraction of sp³-hybridized carbons (Fsp3) is 0.164. The summed E-state index contributed by atoms with van der Waals surface area (Å²) in [6.07, 6.45) is 0. The predicted octanol–water partition coefficient (Wildman–Crippen LogP) is 31.8. The summed E-state index contributed by atoms with van der Waals surface area (Å²) in [6, 6.07) is 111. The van der Waals surface area contributed by atoms with E-state index in [1.54, 1.807) is 4.57 Å². The largest absolute Gasteiger partial charge is 0.456 e. The summed E-state index contributed by atoms with van der Waals surface area (Å²) in [5.41, 5.74) is 30.7. The highest BCUT2D eigenvalue weighted by Gasteiger charge is 2.46. The molecule has 626 valence electrons. The molecule has 129 heavy (non-hydrogen) atoms. The van der Waals surface area contributed by atoms with Gasteiger partial charge in [0.2, 0.25) is 0 Å². The molecule has 2 aliphatic rings. The molecule has 2 aliphatic heterocycles. The minimum absolute atomic E-state index is 0.00541. The molecule has 0 bridgehead atoms. The van der Waals surface area contributed by atoms with Gasteiger partial charge in [-0.3, -0.25) is 0 Å². The molecule has 0 saturated carbocycles. The third-order valence-electron chi connectivity index (χ3n) is 27.4. The minimum atomic E-state index is -0.607. The van der Waals surface area contributed by atoms with Gasteiger partial charge in [0, 0.05) is 94.0 Å². The van der Waals surface area contributed by atoms with Crippen molar-refractivity contribution in [2.24, 2.45) is 0 Å². The summed E-state index contributed by atoms with van der Waals surface area (Å²) in [5.74, 6) is 0. The van der Waals surface area contributed by atoms with Gasteiger partial charge in [0.25, 0.3) is 6.71 Å². The minimum Gasteiger partial charge on any atom is -0.456 e. The van der Waals surface area contributed by atoms with Gasteiger partial charge in [-0.2, -0.15) is 0 Å². The van der Waals surface area contributed by atoms with Gasteiger partial charge in [-0.1, -0.05) is 328 Å². The van der Waals surface area contributed by atoms with Gasteiger partial charge in [0.1, 0.15) is 11.2 Å². The fourth-order valence-electron chi connectivity index (χ4n) is 20.9. The van der Waals surface area contributed by atoms with E-state index in [2.05, 4.69) is 420 Å². The Morgan fingerprint density at radius 3 is 1.20 bits per heavy atom. The van der Waals surface area contributed by atoms with Crippen LogP contribution in [0.15, 0.2) is 362 Å². The second kappa shape index (κ2) is 29.1. The molecule has 0 radical (unpaired) electrons. The van der Waals surface area contributed by atoms with E-state index in [1.165, 1.54) is 22.3 Å². The Balaban J connectivity index is 0.944. The summed E-state index contributed by atoms with van der Waals surface area (Å²) in [6.45, 7) is 33.8. The van der Waals surface area contributed by atoms with Crippen molar-refractivity contribution >= 4 is 145 Å². The number of nitrogens with zero attached hydrogens (tertiary/aromatic N) is 5. The molecule has 0 N–H and O–H groups in total. The second-order valence-corrected chi connectivity index (χ2v) is 40.7. The molecule has 0 saturated heterocycles. The number of anilines is 6. The summed E-state index contributed by atoms with van der Waals surface area (Å²) in [7, 11) is 0. The molecular weight excluding hydrogens is 1560 g/mol. The molecule has 23 rings (SSSR count). The van der Waals surface area contributed by atoms with E-state index in [4.69, 9.17) is 4.42 Å². The van der Waals surface area contributed by atoms with E-state index in [1.807, 2.05) is 12.1 Å². The lowest BCUT2D eigenvalue weighted by molar-refractivity contribution is 0.590. The van der Waals surface area contributed by atoms with Gasteiger partial charge in [-0.25, -0.2) is 0 Å². The zero-order valence-corrected chi connectivity index (χ0v) is 75.7. The first-order valence-corrected chi connectivity index (χ1v) is 45.2. The molecule has 6 nitrogen and oxygen atoms in total. The Morgan fingerprint density at radius 1 is 0.264 bits per heavy atom. The van der Waals surface area contributed by atoms with Gasteiger partial charge in [0.15, 0.2) is 0 Å². The molecule has 17 aromatic carbocycles. The quantitative estimate of drug-likeness (QED) is 0.128. The summed E-state index contributed by atoms with van der Waals surface area (Å²) >= 11 is 0. The average molecular weight is 1680 g/mol. The highest BCUT2D eigenvalue weighted by atomic mass is 16.3. The predicted molar refractivity (Wildman–Crippen MR) is 551 cm³/mol. The van der Waals surface area contributed by atoms with Crippen LogP contribution in [0.4, 0.5) is 34.1 Å². The Morgan fingerprint density at radius 2 is 0.690 bits per heavy atom. The van der Waals surface area contributed by atoms with Crippen molar-refractivity contribution in [3.63, 3.8) is 0 Å². The number of hydrogen-bond donors (Lipinski definition) is 0. The van der Waals surface area contributed by atoms with Gasteiger partial charge in [-0.15, -0.1) is 0 Å². The van der Waals surface area contributed by atoms with Crippen LogP contribution < -0.4 is 26.2 Å². The summed E-state index contributed by atoms with van der Waals surface area (Å²) < 4.78 is 91.2. The molecule has 0 spiro atoms. The Kier molecular flexibility index (Phi) is 15.9. The Labute approximate surface area is 767 Å². The fourth-order valence-corrected chi connectivity index (χ4v) is 20.9. The molecule has 7 heteroatoms. The number of fused-ring (bicyclic) bond motifs is 16. The van der Waals surface area contributed by atoms with Crippen LogP contribution >= 0.6 is 0 Å². The van der Waals surface area contributed by atoms with Crippen molar-refractivity contribution in [2.75, 3.05) is 9.80 Å². The highest BCUT2D eigenvalue weighted by Crippen LogP contribution is 2.56. The molecule has 6 heterocycles. The Hall–Kier alpha value is -14.4. The molecule has 0 atom stereocenters. The van der Waals surface area contributed by atoms with Gasteiger partial charge < -0.3 is 27.9 Å². The van der Waals surface area contributed by atoms with Crippen LogP contribution in [0.2, 0.25) is 0 Å². The van der Waals surface area contributed by atoms with Crippen LogP contribution in [-0.4, -0.2) is 20.4 Å². The topological polar surface area (TPSA) is 34.4 Å². The number of benzene rings is 17. The van der Waals surface area contributed by atoms with Crippen molar-refractivity contribution < 1.29 is 15.4 Å². The maximum Gasteiger partial charge on any atom is 0.252 e. The molecular formula is C122H104BN5O. The molecule has 0 amide bonds. The summed E-state index contributed by atoms with van der Waals surface area (Å²) in [5, 5.41) is 6.55. The third-order valence-corrected chi connectivity index (χ3v) is 27.4. The van der Waals surface area contributed by atoms with E-state index < -0.39 is 48.4 Å². The SMILES string of the molecule is [2H]c1c([2H])c([2H])c2c(c1[2H])c1c([2H])c([2H])c([2H])c([2H])c1n2-c1ccc2c(c1)N(c1c(-c3ccccc3)cccc1C(C)(C)C)c1cc(-c3c(-c4cccc5oc6ccccc6c45)cccc3-n3c4ccc(C(C)(C)C)cc4c4cc(C(C)(C)C)ccc43)cc3c1B2c1ccc(-n2c4ccc(C(C)(C)C)cc4c4cc(C(C)(C)C)ccc42)cc1N3c1cc(-c2ccccc2)cc(-c2ccccc2)c1. The van der Waals surface area contributed by atoms with Crippen LogP contribution in [0.25, 0.3) is 160 Å². The van der Waals surface area contributed by atoms with Crippen LogP contribution in [0.5, 0.6) is 0 Å². The zero-order chi connectivity index (χ0) is 95.2. The monoisotopic (exact) mass is 1670 g/mol. The van der Waals surface area contributed by atoms with Crippen LogP contribution in [-0.2, 0) is 27.1 Å². The third kappa shape index (κ3) is 12.8. The molecule has 0 fully saturated rings. The lowest BCUT2D eigenvalue weighted by Crippen LogP contribution is -2.61. The maximum absolute atomic E-state index is 10.1. The van der Waals surface area contributed by atoms with Crippen LogP contribution in [0.3, 0.4) is 0 Å². The number of rotatable bonds is 10. The number of aromatic nitrogens is 3. The van der Waals surface area contributed by atoms with Crippen LogP contribution in [0, 0.1) is 0 Å². The number of hydrogen-bond acceptors (Lipinski definition) is 3. The first-order valence-electron chi connectivity index (χ1n) is 49.2. The maximum atomic E-state index is 10.1. The summed E-state index contributed by atoms with van der Waals surface area (Å²) in [4.78, 5) is 5.08. The first-order chi connectivity index (χ1) is 65.5. The molecule has 0 unspecified atom stereocenters. The molecule has 4 aromatic heterocycles. The van der Waals surface area contributed by atoms with Crippen molar-refractivity contribution in [2.45, 2.75) is 131 Å². The molecule has 21 aromatic rings. The van der Waals surface area contributed by atoms with Crippen molar-refractivity contribution in [3.05, 3.63) is 386 Å². The number of para-hydroxylation sites is 4. The van der Waals surface area contributed by atoms with E-state index >= 15 is 0 Å². The Bertz CT molecular complexity index is 8450. The standard InChI is InChI=1S/C122H104BN5O/c1-118(2,3)81-52-60-103-94(69-81)95-70-82(119(4,5)6)53-61-104(95)125(103)85-56-58-99-108(73-85)126(87-65-78(75-34-19-16-20-35-75)64-79(66-87)76-36-21-17-22-37-76)110-67-80(114-91(92-45-33-51-113-115(92)93-42-27-30-50-112(93)129-113)44-32-49-107(114)127-105-62-54-83(120(7,8)9)71-96(105)97-72-84(121(10,11)12)55-63-106(97)127)68-111-116(110)123(99)100-59-57-86(124-101-47-28-25-40-89(101)90-41-26-29-48-102(90)124)74-109(100)128(111)117-88(77-38-23-18-24-39-77)43-31-46-98(117)122(13,14)15/h16-74H,1-15H3/i25D,26D,28D,29D,40D,41D,47D,48D.